The highest BCUT2D eigenvalue weighted by Gasteiger charge is 2.24. The number of piperidine rings is 1. The van der Waals surface area contributed by atoms with Gasteiger partial charge in [0, 0.05) is 25.7 Å². The summed E-state index contributed by atoms with van der Waals surface area (Å²) < 4.78 is 27.6. The first-order valence-corrected chi connectivity index (χ1v) is 9.87. The largest absolute Gasteiger partial charge is 0.299 e. The average Bonchev–Trinajstić information content (AvgIpc) is 2.59. The van der Waals surface area contributed by atoms with Crippen LogP contribution in [0.1, 0.15) is 24.0 Å². The number of nitrogens with one attached hydrogen (secondary N) is 1. The van der Waals surface area contributed by atoms with Gasteiger partial charge < -0.3 is 0 Å². The number of hydrogen-bond acceptors (Lipinski definition) is 3. The summed E-state index contributed by atoms with van der Waals surface area (Å²) in [5, 5.41) is 0. The molecule has 1 aliphatic heterocycles. The monoisotopic (exact) mass is 344 g/mol. The van der Waals surface area contributed by atoms with Gasteiger partial charge in [-0.2, -0.15) is 0 Å². The van der Waals surface area contributed by atoms with Gasteiger partial charge in [-0.05, 0) is 43.0 Å². The summed E-state index contributed by atoms with van der Waals surface area (Å²) in [6.45, 7) is 4.90. The van der Waals surface area contributed by atoms with E-state index in [0.717, 1.165) is 32.5 Å². The van der Waals surface area contributed by atoms with Crippen LogP contribution < -0.4 is 4.72 Å². The average molecular weight is 344 g/mol. The highest BCUT2D eigenvalue weighted by atomic mass is 32.2. The lowest BCUT2D eigenvalue weighted by Crippen LogP contribution is -2.44. The molecule has 0 spiro atoms. The molecule has 1 N–H and O–H groups in total. The molecular weight excluding hydrogens is 320 g/mol. The predicted octanol–water partition coefficient (Wildman–Crippen LogP) is 2.94. The minimum absolute atomic E-state index is 0.0170. The zero-order chi connectivity index (χ0) is 17.0. The minimum Gasteiger partial charge on any atom is -0.299 e. The van der Waals surface area contributed by atoms with Crippen molar-refractivity contribution >= 4 is 10.0 Å². The summed E-state index contributed by atoms with van der Waals surface area (Å²) in [6, 6.07) is 17.0. The fourth-order valence-electron chi connectivity index (χ4n) is 3.12. The first-order chi connectivity index (χ1) is 11.5. The van der Waals surface area contributed by atoms with Crippen molar-refractivity contribution in [3.05, 3.63) is 65.7 Å². The SMILES string of the molecule is Cc1ccccc1CN1CCC(NS(=O)(=O)c2ccccc2)CC1. The van der Waals surface area contributed by atoms with Gasteiger partial charge in [0.1, 0.15) is 0 Å². The molecule has 4 nitrogen and oxygen atoms in total. The van der Waals surface area contributed by atoms with Crippen LogP contribution in [0, 0.1) is 6.92 Å². The summed E-state index contributed by atoms with van der Waals surface area (Å²) >= 11 is 0. The predicted molar refractivity (Wildman–Crippen MR) is 96.2 cm³/mol. The standard InChI is InChI=1S/C19H24N2O2S/c1-16-7-5-6-8-17(16)15-21-13-11-18(12-14-21)20-24(22,23)19-9-3-2-4-10-19/h2-10,18,20H,11-15H2,1H3. The summed E-state index contributed by atoms with van der Waals surface area (Å²) in [5.41, 5.74) is 2.66. The first kappa shape index (κ1) is 17.1. The number of nitrogens with zero attached hydrogens (tertiary/aromatic N) is 1. The second-order valence-corrected chi connectivity index (χ2v) is 8.13. The quantitative estimate of drug-likeness (QED) is 0.907. The molecular formula is C19H24N2O2S. The van der Waals surface area contributed by atoms with Gasteiger partial charge in [-0.3, -0.25) is 4.90 Å². The normalized spacial score (nSPS) is 17.0. The number of aryl methyl sites for hydroxylation is 1. The van der Waals surface area contributed by atoms with Crippen LogP contribution in [0.4, 0.5) is 0 Å². The molecule has 24 heavy (non-hydrogen) atoms. The topological polar surface area (TPSA) is 49.4 Å². The number of likely N-dealkylation sites (tertiary alicyclic amines) is 1. The number of rotatable bonds is 5. The van der Waals surface area contributed by atoms with Gasteiger partial charge in [0.15, 0.2) is 0 Å². The lowest BCUT2D eigenvalue weighted by atomic mass is 10.0. The van der Waals surface area contributed by atoms with Crippen molar-refractivity contribution in [2.24, 2.45) is 0 Å². The van der Waals surface area contributed by atoms with Crippen LogP contribution in [0.15, 0.2) is 59.5 Å². The van der Waals surface area contributed by atoms with Crippen molar-refractivity contribution in [2.75, 3.05) is 13.1 Å². The third-order valence-corrected chi connectivity index (χ3v) is 6.15. The Morgan fingerprint density at radius 3 is 2.29 bits per heavy atom. The van der Waals surface area contributed by atoms with Crippen LogP contribution in [-0.2, 0) is 16.6 Å². The number of sulfonamides is 1. The molecule has 0 unspecified atom stereocenters. The van der Waals surface area contributed by atoms with Crippen molar-refractivity contribution in [3.63, 3.8) is 0 Å². The fourth-order valence-corrected chi connectivity index (χ4v) is 4.45. The molecule has 0 amide bonds. The summed E-state index contributed by atoms with van der Waals surface area (Å²) in [5.74, 6) is 0. The van der Waals surface area contributed by atoms with Crippen molar-refractivity contribution in [1.29, 1.82) is 0 Å². The first-order valence-electron chi connectivity index (χ1n) is 8.39. The van der Waals surface area contributed by atoms with E-state index in [1.54, 1.807) is 24.3 Å². The van der Waals surface area contributed by atoms with Crippen molar-refractivity contribution < 1.29 is 8.42 Å². The molecule has 1 fully saturated rings. The highest BCUT2D eigenvalue weighted by molar-refractivity contribution is 7.89. The molecule has 0 aliphatic carbocycles. The second-order valence-electron chi connectivity index (χ2n) is 6.41. The molecule has 2 aromatic rings. The van der Waals surface area contributed by atoms with Crippen molar-refractivity contribution in [2.45, 2.75) is 37.2 Å². The Balaban J connectivity index is 1.55. The fraction of sp³-hybridized carbons (Fsp3) is 0.368. The molecule has 1 saturated heterocycles. The van der Waals surface area contributed by atoms with Crippen LogP contribution >= 0.6 is 0 Å². The minimum atomic E-state index is -3.41. The van der Waals surface area contributed by atoms with Crippen molar-refractivity contribution in [1.82, 2.24) is 9.62 Å². The summed E-state index contributed by atoms with van der Waals surface area (Å²) in [6.07, 6.45) is 1.69. The van der Waals surface area contributed by atoms with Crippen LogP contribution in [0.25, 0.3) is 0 Å². The molecule has 1 aliphatic rings. The number of benzene rings is 2. The second kappa shape index (κ2) is 7.47. The Labute approximate surface area is 144 Å². The summed E-state index contributed by atoms with van der Waals surface area (Å²) in [4.78, 5) is 2.74. The van der Waals surface area contributed by atoms with Gasteiger partial charge in [0.2, 0.25) is 10.0 Å². The molecule has 0 saturated carbocycles. The van der Waals surface area contributed by atoms with Crippen molar-refractivity contribution in [3.8, 4) is 0 Å². The van der Waals surface area contributed by atoms with E-state index in [4.69, 9.17) is 0 Å². The maximum Gasteiger partial charge on any atom is 0.240 e. The Kier molecular flexibility index (Phi) is 5.33. The Bertz CT molecular complexity index is 767. The van der Waals surface area contributed by atoms with E-state index in [1.165, 1.54) is 11.1 Å². The smallest absolute Gasteiger partial charge is 0.240 e. The Morgan fingerprint density at radius 1 is 1.00 bits per heavy atom. The van der Waals surface area contributed by atoms with Crippen LogP contribution in [-0.4, -0.2) is 32.4 Å². The molecule has 1 heterocycles. The van der Waals surface area contributed by atoms with E-state index in [1.807, 2.05) is 6.07 Å². The van der Waals surface area contributed by atoms with E-state index in [0.29, 0.717) is 4.90 Å². The maximum absolute atomic E-state index is 12.4. The van der Waals surface area contributed by atoms with E-state index >= 15 is 0 Å². The molecule has 128 valence electrons. The highest BCUT2D eigenvalue weighted by Crippen LogP contribution is 2.18. The van der Waals surface area contributed by atoms with Gasteiger partial charge in [0.05, 0.1) is 4.90 Å². The molecule has 0 bridgehead atoms. The van der Waals surface area contributed by atoms with Crippen LogP contribution in [0.2, 0.25) is 0 Å². The molecule has 0 aromatic heterocycles. The molecule has 2 aromatic carbocycles. The molecule has 0 radical (unpaired) electrons. The maximum atomic E-state index is 12.4. The van der Waals surface area contributed by atoms with Gasteiger partial charge >= 0.3 is 0 Å². The van der Waals surface area contributed by atoms with E-state index in [-0.39, 0.29) is 6.04 Å². The third-order valence-electron chi connectivity index (χ3n) is 4.62. The third kappa shape index (κ3) is 4.23. The van der Waals surface area contributed by atoms with Gasteiger partial charge in [0.25, 0.3) is 0 Å². The van der Waals surface area contributed by atoms with Crippen LogP contribution in [0.5, 0.6) is 0 Å². The van der Waals surface area contributed by atoms with E-state index in [9.17, 15) is 8.42 Å². The zero-order valence-electron chi connectivity index (χ0n) is 14.0. The lowest BCUT2D eigenvalue weighted by Gasteiger charge is -2.32. The Morgan fingerprint density at radius 2 is 1.62 bits per heavy atom. The van der Waals surface area contributed by atoms with E-state index in [2.05, 4.69) is 40.8 Å². The Hall–Kier alpha value is -1.69. The number of hydrogen-bond donors (Lipinski definition) is 1. The lowest BCUT2D eigenvalue weighted by molar-refractivity contribution is 0.199. The van der Waals surface area contributed by atoms with Gasteiger partial charge in [-0.15, -0.1) is 0 Å². The van der Waals surface area contributed by atoms with E-state index < -0.39 is 10.0 Å². The van der Waals surface area contributed by atoms with Crippen LogP contribution in [0.3, 0.4) is 0 Å². The van der Waals surface area contributed by atoms with Gasteiger partial charge in [-0.1, -0.05) is 42.5 Å². The summed E-state index contributed by atoms with van der Waals surface area (Å²) in [7, 11) is -3.41. The van der Waals surface area contributed by atoms with Gasteiger partial charge in [-0.25, -0.2) is 13.1 Å². The molecule has 0 atom stereocenters. The molecule has 5 heteroatoms. The molecule has 3 rings (SSSR count). The zero-order valence-corrected chi connectivity index (χ0v) is 14.8.